The van der Waals surface area contributed by atoms with Crippen molar-refractivity contribution in [1.29, 1.82) is 5.26 Å². The number of amides is 1. The smallest absolute Gasteiger partial charge is 0.255 e. The molecular weight excluding hydrogens is 426 g/mol. The van der Waals surface area contributed by atoms with Crippen molar-refractivity contribution in [3.63, 3.8) is 0 Å². The van der Waals surface area contributed by atoms with Gasteiger partial charge in [0.25, 0.3) is 5.91 Å². The first-order valence-corrected chi connectivity index (χ1v) is 11.4. The minimum Gasteiger partial charge on any atom is -0.341 e. The van der Waals surface area contributed by atoms with E-state index in [4.69, 9.17) is 0 Å². The number of hydrogen-bond donors (Lipinski definition) is 1. The van der Waals surface area contributed by atoms with Gasteiger partial charge >= 0.3 is 0 Å². The van der Waals surface area contributed by atoms with Gasteiger partial charge in [0.15, 0.2) is 0 Å². The van der Waals surface area contributed by atoms with E-state index in [0.717, 1.165) is 41.2 Å². The maximum atomic E-state index is 13.1. The first-order chi connectivity index (χ1) is 16.5. The zero-order valence-electron chi connectivity index (χ0n) is 19.2. The van der Waals surface area contributed by atoms with Crippen LogP contribution in [0.25, 0.3) is 16.6 Å². The summed E-state index contributed by atoms with van der Waals surface area (Å²) < 4.78 is 1.77. The molecule has 1 aliphatic heterocycles. The zero-order valence-corrected chi connectivity index (χ0v) is 19.2. The minimum absolute atomic E-state index is 0.0454. The van der Waals surface area contributed by atoms with E-state index in [9.17, 15) is 10.1 Å². The van der Waals surface area contributed by atoms with Crippen LogP contribution in [0.2, 0.25) is 0 Å². The van der Waals surface area contributed by atoms with Gasteiger partial charge in [-0.2, -0.15) is 10.4 Å². The highest BCUT2D eigenvalue weighted by Crippen LogP contribution is 2.26. The van der Waals surface area contributed by atoms with Crippen molar-refractivity contribution in [3.8, 4) is 11.8 Å². The lowest BCUT2D eigenvalue weighted by Gasteiger charge is -2.15. The lowest BCUT2D eigenvalue weighted by Crippen LogP contribution is -2.20. The van der Waals surface area contributed by atoms with Gasteiger partial charge < -0.3 is 10.2 Å². The molecule has 2 aromatic carbocycles. The Labute approximate surface area is 197 Å². The molecular formula is C26H25N7O. The van der Waals surface area contributed by atoms with Gasteiger partial charge in [0.1, 0.15) is 5.69 Å². The van der Waals surface area contributed by atoms with Crippen LogP contribution in [0.5, 0.6) is 0 Å². The molecule has 0 atom stereocenters. The summed E-state index contributed by atoms with van der Waals surface area (Å²) >= 11 is 0. The minimum atomic E-state index is -0.246. The Bertz CT molecular complexity index is 1390. The predicted molar refractivity (Wildman–Crippen MR) is 131 cm³/mol. The molecule has 1 saturated heterocycles. The third kappa shape index (κ3) is 3.97. The van der Waals surface area contributed by atoms with Crippen LogP contribution in [0.15, 0.2) is 55.0 Å². The monoisotopic (exact) mass is 451 g/mol. The quantitative estimate of drug-likeness (QED) is 0.474. The third-order valence-electron chi connectivity index (χ3n) is 6.14. The van der Waals surface area contributed by atoms with Crippen molar-refractivity contribution in [3.05, 3.63) is 71.7 Å². The molecule has 1 fully saturated rings. The SMILES string of the molecule is CC(C)c1c(C#N)cccc1C(=O)Nc1ccc2cnn(-c3cnc(N4CCCC4)nc3)c2c1. The first kappa shape index (κ1) is 21.6. The number of benzene rings is 2. The molecule has 0 aliphatic carbocycles. The zero-order chi connectivity index (χ0) is 23.7. The molecule has 3 heterocycles. The van der Waals surface area contributed by atoms with Gasteiger partial charge in [0.2, 0.25) is 5.95 Å². The highest BCUT2D eigenvalue weighted by atomic mass is 16.1. The summed E-state index contributed by atoms with van der Waals surface area (Å²) in [5.74, 6) is 0.541. The highest BCUT2D eigenvalue weighted by Gasteiger charge is 2.19. The fourth-order valence-electron chi connectivity index (χ4n) is 4.49. The van der Waals surface area contributed by atoms with Crippen molar-refractivity contribution in [1.82, 2.24) is 19.7 Å². The van der Waals surface area contributed by atoms with E-state index >= 15 is 0 Å². The maximum Gasteiger partial charge on any atom is 0.255 e. The van der Waals surface area contributed by atoms with E-state index in [1.165, 1.54) is 12.8 Å². The number of fused-ring (bicyclic) bond motifs is 1. The molecule has 34 heavy (non-hydrogen) atoms. The standard InChI is InChI=1S/C26H25N7O/c1-17(2)24-18(13-27)6-5-7-22(24)25(34)31-20-9-8-19-14-30-33(23(19)12-20)21-15-28-26(29-16-21)32-10-3-4-11-32/h5-9,12,14-17H,3-4,10-11H2,1-2H3,(H,31,34). The summed E-state index contributed by atoms with van der Waals surface area (Å²) in [6.45, 7) is 5.94. The highest BCUT2D eigenvalue weighted by molar-refractivity contribution is 6.06. The average Bonchev–Trinajstić information content (AvgIpc) is 3.54. The molecule has 170 valence electrons. The fraction of sp³-hybridized carbons (Fsp3) is 0.269. The Kier molecular flexibility index (Phi) is 5.68. The summed E-state index contributed by atoms with van der Waals surface area (Å²) in [5.41, 5.74) is 4.02. The number of carbonyl (C=O) groups excluding carboxylic acids is 1. The molecule has 4 aromatic rings. The third-order valence-corrected chi connectivity index (χ3v) is 6.14. The summed E-state index contributed by atoms with van der Waals surface area (Å²) in [4.78, 5) is 24.4. The van der Waals surface area contributed by atoms with Gasteiger partial charge in [-0.3, -0.25) is 4.79 Å². The van der Waals surface area contributed by atoms with Crippen molar-refractivity contribution in [2.24, 2.45) is 0 Å². The van der Waals surface area contributed by atoms with Gasteiger partial charge in [-0.25, -0.2) is 14.6 Å². The maximum absolute atomic E-state index is 13.1. The molecule has 5 rings (SSSR count). The van der Waals surface area contributed by atoms with Gasteiger partial charge in [-0.1, -0.05) is 19.9 Å². The summed E-state index contributed by atoms with van der Waals surface area (Å²) in [6.07, 6.45) is 7.68. The molecule has 2 aromatic heterocycles. The van der Waals surface area contributed by atoms with E-state index < -0.39 is 0 Å². The largest absolute Gasteiger partial charge is 0.341 e. The van der Waals surface area contributed by atoms with E-state index in [0.29, 0.717) is 16.8 Å². The Balaban J connectivity index is 1.44. The molecule has 0 unspecified atom stereocenters. The molecule has 0 bridgehead atoms. The number of carbonyl (C=O) groups is 1. The van der Waals surface area contributed by atoms with Crippen LogP contribution >= 0.6 is 0 Å². The number of nitriles is 1. The number of anilines is 2. The summed E-state index contributed by atoms with van der Waals surface area (Å²) in [6, 6.07) is 13.1. The van der Waals surface area contributed by atoms with Crippen LogP contribution in [0.3, 0.4) is 0 Å². The van der Waals surface area contributed by atoms with E-state index in [-0.39, 0.29) is 11.8 Å². The second kappa shape index (κ2) is 8.94. The number of rotatable bonds is 5. The molecule has 1 N–H and O–H groups in total. The Hall–Kier alpha value is -4.25. The number of aromatic nitrogens is 4. The molecule has 0 spiro atoms. The molecule has 0 saturated carbocycles. The Morgan fingerprint density at radius 1 is 1.09 bits per heavy atom. The number of nitrogens with zero attached hydrogens (tertiary/aromatic N) is 6. The topological polar surface area (TPSA) is 99.7 Å². The average molecular weight is 452 g/mol. The second-order valence-corrected chi connectivity index (χ2v) is 8.75. The summed E-state index contributed by atoms with van der Waals surface area (Å²) in [5, 5.41) is 17.9. The van der Waals surface area contributed by atoms with Crippen LogP contribution < -0.4 is 10.2 Å². The van der Waals surface area contributed by atoms with Gasteiger partial charge in [0, 0.05) is 29.7 Å². The van der Waals surface area contributed by atoms with Crippen molar-refractivity contribution >= 4 is 28.4 Å². The summed E-state index contributed by atoms with van der Waals surface area (Å²) in [7, 11) is 0. The van der Waals surface area contributed by atoms with Gasteiger partial charge in [-0.05, 0) is 54.7 Å². The van der Waals surface area contributed by atoms with E-state index in [1.54, 1.807) is 41.5 Å². The van der Waals surface area contributed by atoms with Gasteiger partial charge in [0.05, 0.1) is 35.7 Å². The molecule has 8 nitrogen and oxygen atoms in total. The number of hydrogen-bond acceptors (Lipinski definition) is 6. The molecule has 1 aliphatic rings. The molecule has 0 radical (unpaired) electrons. The Morgan fingerprint density at radius 2 is 1.85 bits per heavy atom. The van der Waals surface area contributed by atoms with Crippen LogP contribution in [0.1, 0.15) is 54.1 Å². The normalized spacial score (nSPS) is 13.4. The lowest BCUT2D eigenvalue weighted by molar-refractivity contribution is 0.102. The van der Waals surface area contributed by atoms with Crippen LogP contribution in [-0.2, 0) is 0 Å². The van der Waals surface area contributed by atoms with E-state index in [2.05, 4.69) is 31.4 Å². The fourth-order valence-corrected chi connectivity index (χ4v) is 4.49. The van der Waals surface area contributed by atoms with Crippen molar-refractivity contribution in [2.75, 3.05) is 23.3 Å². The van der Waals surface area contributed by atoms with Crippen molar-refractivity contribution < 1.29 is 4.79 Å². The second-order valence-electron chi connectivity index (χ2n) is 8.75. The van der Waals surface area contributed by atoms with Crippen molar-refractivity contribution in [2.45, 2.75) is 32.6 Å². The molecule has 1 amide bonds. The lowest BCUT2D eigenvalue weighted by atomic mass is 9.92. The van der Waals surface area contributed by atoms with Gasteiger partial charge in [-0.15, -0.1) is 0 Å². The first-order valence-electron chi connectivity index (χ1n) is 11.4. The molecule has 8 heteroatoms. The van der Waals surface area contributed by atoms with Crippen LogP contribution in [0.4, 0.5) is 11.6 Å². The Morgan fingerprint density at radius 3 is 2.56 bits per heavy atom. The van der Waals surface area contributed by atoms with E-state index in [1.807, 2.05) is 32.0 Å². The predicted octanol–water partition coefficient (Wildman–Crippen LogP) is 4.66. The van der Waals surface area contributed by atoms with Crippen LogP contribution in [0, 0.1) is 11.3 Å². The number of nitrogens with one attached hydrogen (secondary N) is 1. The van der Waals surface area contributed by atoms with Crippen LogP contribution in [-0.4, -0.2) is 38.7 Å².